The molecule has 4 nitrogen and oxygen atoms in total. The van der Waals surface area contributed by atoms with E-state index in [0.29, 0.717) is 30.6 Å². The Kier molecular flexibility index (Phi) is 5.02. The number of hydrogen-bond donors (Lipinski definition) is 2. The monoisotopic (exact) mass is 426 g/mol. The number of esters is 1. The zero-order valence-electron chi connectivity index (χ0n) is 15.7. The number of halogens is 1. The van der Waals surface area contributed by atoms with E-state index in [4.69, 9.17) is 4.74 Å². The number of aliphatic hydroxyl groups is 2. The van der Waals surface area contributed by atoms with Crippen LogP contribution in [0.2, 0.25) is 0 Å². The van der Waals surface area contributed by atoms with E-state index in [1.165, 1.54) is 5.57 Å². The van der Waals surface area contributed by atoms with Crippen molar-refractivity contribution in [3.05, 3.63) is 11.6 Å². The maximum atomic E-state index is 11.9. The lowest BCUT2D eigenvalue weighted by molar-refractivity contribution is -0.153. The fourth-order valence-corrected chi connectivity index (χ4v) is 7.59. The Hall–Kier alpha value is -0.390. The summed E-state index contributed by atoms with van der Waals surface area (Å²) in [6.45, 7) is 4.19. The summed E-state index contributed by atoms with van der Waals surface area (Å²) in [4.78, 5) is 12.1. The smallest absolute Gasteiger partial charge is 0.305 e. The molecule has 0 aromatic heterocycles. The second-order valence-electron chi connectivity index (χ2n) is 9.14. The molecule has 0 amide bonds. The summed E-state index contributed by atoms with van der Waals surface area (Å²) < 4.78 is 5.79. The average molecular weight is 427 g/mol. The molecule has 5 heteroatoms. The van der Waals surface area contributed by atoms with Gasteiger partial charge in [0, 0.05) is 12.3 Å². The molecule has 3 saturated carbocycles. The molecule has 0 aromatic rings. The highest BCUT2D eigenvalue weighted by Gasteiger charge is 2.59. The minimum absolute atomic E-state index is 0.0569. The van der Waals surface area contributed by atoms with Crippen LogP contribution in [0, 0.1) is 29.1 Å². The molecular weight excluding hydrogens is 396 g/mol. The van der Waals surface area contributed by atoms with E-state index >= 15 is 0 Å². The van der Waals surface area contributed by atoms with Crippen LogP contribution in [0.1, 0.15) is 58.8 Å². The van der Waals surface area contributed by atoms with Gasteiger partial charge in [-0.3, -0.25) is 4.79 Å². The number of alkyl halides is 1. The first-order chi connectivity index (χ1) is 12.3. The second kappa shape index (κ2) is 6.89. The van der Waals surface area contributed by atoms with E-state index in [1.54, 1.807) is 0 Å². The van der Waals surface area contributed by atoms with Crippen LogP contribution in [0.25, 0.3) is 0 Å². The molecule has 2 N–H and O–H groups in total. The third-order valence-electron chi connectivity index (χ3n) is 7.93. The van der Waals surface area contributed by atoms with Crippen molar-refractivity contribution in [3.63, 3.8) is 0 Å². The lowest BCUT2D eigenvalue weighted by atomic mass is 9.49. The summed E-state index contributed by atoms with van der Waals surface area (Å²) in [7, 11) is 0. The molecule has 0 spiro atoms. The van der Waals surface area contributed by atoms with E-state index in [0.717, 1.165) is 32.1 Å². The first-order valence-corrected chi connectivity index (χ1v) is 11.2. The molecule has 9 atom stereocenters. The van der Waals surface area contributed by atoms with Gasteiger partial charge in [0.1, 0.15) is 6.10 Å². The lowest BCUT2D eigenvalue weighted by Gasteiger charge is -2.57. The maximum Gasteiger partial charge on any atom is 0.305 e. The van der Waals surface area contributed by atoms with Crippen molar-refractivity contribution in [1.82, 2.24) is 0 Å². The Morgan fingerprint density at radius 3 is 2.81 bits per heavy atom. The van der Waals surface area contributed by atoms with Crippen molar-refractivity contribution in [2.24, 2.45) is 29.1 Å². The summed E-state index contributed by atoms with van der Waals surface area (Å²) in [5.41, 5.74) is 1.37. The molecule has 4 aliphatic rings. The van der Waals surface area contributed by atoms with E-state index in [9.17, 15) is 15.0 Å². The summed E-state index contributed by atoms with van der Waals surface area (Å²) in [5.74, 6) is 1.38. The molecular formula is C21H31BrO4. The molecule has 3 fully saturated rings. The fourth-order valence-electron chi connectivity index (χ4n) is 6.66. The number of carbonyl (C=O) groups excluding carboxylic acids is 1. The third kappa shape index (κ3) is 2.89. The highest BCUT2D eigenvalue weighted by molar-refractivity contribution is 9.09. The molecule has 4 unspecified atom stereocenters. The molecule has 0 heterocycles. The Bertz CT molecular complexity index is 605. The highest BCUT2D eigenvalue weighted by Crippen LogP contribution is 2.62. The van der Waals surface area contributed by atoms with E-state index in [2.05, 4.69) is 22.9 Å². The minimum Gasteiger partial charge on any atom is -0.461 e. The van der Waals surface area contributed by atoms with Crippen molar-refractivity contribution in [3.8, 4) is 0 Å². The fraction of sp³-hybridized carbons (Fsp3) is 0.857. The zero-order valence-corrected chi connectivity index (χ0v) is 17.3. The molecule has 0 bridgehead atoms. The van der Waals surface area contributed by atoms with Gasteiger partial charge < -0.3 is 14.9 Å². The third-order valence-corrected chi connectivity index (χ3v) is 8.83. The van der Waals surface area contributed by atoms with Gasteiger partial charge in [-0.1, -0.05) is 41.4 Å². The van der Waals surface area contributed by atoms with Crippen LogP contribution in [-0.4, -0.2) is 39.3 Å². The number of carbonyl (C=O) groups is 1. The summed E-state index contributed by atoms with van der Waals surface area (Å²) in [6.07, 6.45) is 7.31. The highest BCUT2D eigenvalue weighted by atomic mass is 79.9. The van der Waals surface area contributed by atoms with Gasteiger partial charge in [-0.05, 0) is 61.7 Å². The van der Waals surface area contributed by atoms with E-state index < -0.39 is 0 Å². The predicted octanol–water partition coefficient (Wildman–Crippen LogP) is 3.59. The summed E-state index contributed by atoms with van der Waals surface area (Å²) in [6, 6.07) is 0. The van der Waals surface area contributed by atoms with Gasteiger partial charge in [-0.25, -0.2) is 0 Å². The first kappa shape index (κ1) is 18.9. The number of fused-ring (bicyclic) bond motifs is 5. The number of aliphatic hydroxyl groups excluding tert-OH is 2. The molecule has 4 aliphatic carbocycles. The predicted molar refractivity (Wildman–Crippen MR) is 103 cm³/mol. The van der Waals surface area contributed by atoms with Crippen LogP contribution >= 0.6 is 15.9 Å². The Morgan fingerprint density at radius 2 is 2.08 bits per heavy atom. The van der Waals surface area contributed by atoms with Crippen LogP contribution in [0.3, 0.4) is 0 Å². The van der Waals surface area contributed by atoms with Gasteiger partial charge in [0.25, 0.3) is 0 Å². The lowest BCUT2D eigenvalue weighted by Crippen LogP contribution is -2.53. The average Bonchev–Trinajstić information content (AvgIpc) is 2.92. The number of hydrogen-bond acceptors (Lipinski definition) is 4. The van der Waals surface area contributed by atoms with Crippen molar-refractivity contribution in [2.75, 3.05) is 0 Å². The number of ether oxygens (including phenoxy) is 1. The SMILES string of the molecule is CCC(=O)O[C@H]1[C@H](Br)CC2C3C(O)CC4=C[C@@H](O)CC[C@]4(C)C3CC[C@@H]21. The molecule has 146 valence electrons. The van der Waals surface area contributed by atoms with Crippen LogP contribution in [0.5, 0.6) is 0 Å². The summed E-state index contributed by atoms with van der Waals surface area (Å²) >= 11 is 3.78. The van der Waals surface area contributed by atoms with Gasteiger partial charge in [0.05, 0.1) is 17.0 Å². The van der Waals surface area contributed by atoms with Crippen molar-refractivity contribution in [1.29, 1.82) is 0 Å². The van der Waals surface area contributed by atoms with Crippen molar-refractivity contribution < 1.29 is 19.7 Å². The maximum absolute atomic E-state index is 11.9. The second-order valence-corrected chi connectivity index (χ2v) is 10.3. The summed E-state index contributed by atoms with van der Waals surface area (Å²) in [5, 5.41) is 21.1. The molecule has 0 aromatic carbocycles. The largest absolute Gasteiger partial charge is 0.461 e. The number of rotatable bonds is 2. The molecule has 0 saturated heterocycles. The first-order valence-electron chi connectivity index (χ1n) is 10.3. The van der Waals surface area contributed by atoms with E-state index in [1.807, 2.05) is 13.0 Å². The molecule has 0 radical (unpaired) electrons. The Labute approximate surface area is 164 Å². The standard InChI is InChI=1S/C21H31BrO4/c1-3-18(25)26-20-13-4-5-15-19(14(13)10-16(20)22)17(24)9-11-8-12(23)6-7-21(11,15)2/h8,12-17,19-20,23-24H,3-7,9-10H2,1-2H3/t12-,13-,14?,15?,16+,17?,19?,20+,21-/m0/s1. The van der Waals surface area contributed by atoms with Crippen molar-refractivity contribution in [2.45, 2.75) is 81.9 Å². The van der Waals surface area contributed by atoms with Gasteiger partial charge >= 0.3 is 5.97 Å². The minimum atomic E-state index is -0.352. The van der Waals surface area contributed by atoms with E-state index in [-0.39, 0.29) is 40.4 Å². The van der Waals surface area contributed by atoms with Gasteiger partial charge in [0.15, 0.2) is 0 Å². The normalized spacial score (nSPS) is 50.3. The Morgan fingerprint density at radius 1 is 1.31 bits per heavy atom. The topological polar surface area (TPSA) is 66.8 Å². The van der Waals surface area contributed by atoms with Gasteiger partial charge in [0.2, 0.25) is 0 Å². The molecule has 0 aliphatic heterocycles. The van der Waals surface area contributed by atoms with Crippen LogP contribution in [0.4, 0.5) is 0 Å². The van der Waals surface area contributed by atoms with Crippen LogP contribution in [-0.2, 0) is 9.53 Å². The molecule has 4 rings (SSSR count). The zero-order chi connectivity index (χ0) is 18.6. The van der Waals surface area contributed by atoms with Gasteiger partial charge in [-0.2, -0.15) is 0 Å². The molecule has 26 heavy (non-hydrogen) atoms. The van der Waals surface area contributed by atoms with Crippen LogP contribution in [0.15, 0.2) is 11.6 Å². The van der Waals surface area contributed by atoms with Crippen LogP contribution < -0.4 is 0 Å². The quantitative estimate of drug-likeness (QED) is 0.402. The van der Waals surface area contributed by atoms with Crippen molar-refractivity contribution >= 4 is 21.9 Å². The van der Waals surface area contributed by atoms with Gasteiger partial charge in [-0.15, -0.1) is 0 Å². The Balaban J connectivity index is 1.61.